The Bertz CT molecular complexity index is 292. The van der Waals surface area contributed by atoms with Crippen molar-refractivity contribution < 1.29 is 5.11 Å². The molecule has 1 heterocycles. The van der Waals surface area contributed by atoms with E-state index in [1.807, 2.05) is 0 Å². The van der Waals surface area contributed by atoms with Crippen molar-refractivity contribution in [1.29, 1.82) is 0 Å². The molecule has 0 spiro atoms. The van der Waals surface area contributed by atoms with Gasteiger partial charge >= 0.3 is 0 Å². The zero-order valence-corrected chi connectivity index (χ0v) is 12.7. The van der Waals surface area contributed by atoms with Crippen molar-refractivity contribution in [1.82, 2.24) is 10.6 Å². The number of nitrogens with one attached hydrogen (secondary N) is 2. The standard InChI is InChI=1S/C14H27N3OS/c1-2-15-14(17-10-12-6-4-8-19-12)16-9-11-5-3-7-13(11)18/h11-13,18H,2-10H2,1H3,(H2,15,16,17). The Morgan fingerprint density at radius 1 is 1.26 bits per heavy atom. The second kappa shape index (κ2) is 8.00. The first-order valence-corrected chi connectivity index (χ1v) is 8.66. The van der Waals surface area contributed by atoms with Crippen LogP contribution < -0.4 is 10.6 Å². The fourth-order valence-electron chi connectivity index (χ4n) is 2.80. The van der Waals surface area contributed by atoms with Crippen molar-refractivity contribution in [3.63, 3.8) is 0 Å². The molecule has 2 fully saturated rings. The molecule has 2 rings (SSSR count). The summed E-state index contributed by atoms with van der Waals surface area (Å²) in [5, 5.41) is 17.3. The summed E-state index contributed by atoms with van der Waals surface area (Å²) in [4.78, 5) is 4.63. The van der Waals surface area contributed by atoms with Crippen molar-refractivity contribution in [2.45, 2.75) is 50.4 Å². The van der Waals surface area contributed by atoms with E-state index >= 15 is 0 Å². The average Bonchev–Trinajstić information content (AvgIpc) is 3.04. The molecular formula is C14H27N3OS. The van der Waals surface area contributed by atoms with Gasteiger partial charge in [-0.2, -0.15) is 11.8 Å². The molecule has 3 N–H and O–H groups in total. The van der Waals surface area contributed by atoms with Crippen molar-refractivity contribution in [2.75, 3.05) is 25.4 Å². The van der Waals surface area contributed by atoms with Gasteiger partial charge in [-0.25, -0.2) is 0 Å². The van der Waals surface area contributed by atoms with E-state index in [1.165, 1.54) is 18.6 Å². The van der Waals surface area contributed by atoms with E-state index in [4.69, 9.17) is 0 Å². The number of aliphatic hydroxyl groups is 1. The van der Waals surface area contributed by atoms with Crippen LogP contribution in [-0.4, -0.2) is 47.8 Å². The van der Waals surface area contributed by atoms with Crippen LogP contribution in [0.5, 0.6) is 0 Å². The third-order valence-electron chi connectivity index (χ3n) is 3.97. The highest BCUT2D eigenvalue weighted by molar-refractivity contribution is 8.00. The number of aliphatic hydroxyl groups excluding tert-OH is 1. The maximum atomic E-state index is 9.82. The third kappa shape index (κ3) is 4.88. The van der Waals surface area contributed by atoms with Gasteiger partial charge in [-0.1, -0.05) is 6.42 Å². The number of hydrogen-bond acceptors (Lipinski definition) is 3. The van der Waals surface area contributed by atoms with Gasteiger partial charge in [0.1, 0.15) is 0 Å². The Balaban J connectivity index is 1.76. The zero-order valence-electron chi connectivity index (χ0n) is 11.9. The summed E-state index contributed by atoms with van der Waals surface area (Å²) in [6.45, 7) is 4.72. The first-order valence-electron chi connectivity index (χ1n) is 7.61. The Kier molecular flexibility index (Phi) is 6.31. The topological polar surface area (TPSA) is 56.7 Å². The molecule has 3 unspecified atom stereocenters. The summed E-state index contributed by atoms with van der Waals surface area (Å²) in [5.74, 6) is 2.57. The van der Waals surface area contributed by atoms with Gasteiger partial charge in [0, 0.05) is 30.8 Å². The van der Waals surface area contributed by atoms with E-state index in [0.29, 0.717) is 5.92 Å². The summed E-state index contributed by atoms with van der Waals surface area (Å²) in [6.07, 6.45) is 5.73. The lowest BCUT2D eigenvalue weighted by molar-refractivity contribution is 0.136. The van der Waals surface area contributed by atoms with E-state index < -0.39 is 0 Å². The predicted octanol–water partition coefficient (Wildman–Crippen LogP) is 1.60. The quantitative estimate of drug-likeness (QED) is 0.530. The summed E-state index contributed by atoms with van der Waals surface area (Å²) in [7, 11) is 0. The molecule has 2 aliphatic rings. The van der Waals surface area contributed by atoms with Crippen LogP contribution in [0.1, 0.15) is 39.0 Å². The van der Waals surface area contributed by atoms with Crippen LogP contribution in [0, 0.1) is 5.92 Å². The predicted molar refractivity (Wildman–Crippen MR) is 82.8 cm³/mol. The van der Waals surface area contributed by atoms with E-state index in [2.05, 4.69) is 34.3 Å². The third-order valence-corrected chi connectivity index (χ3v) is 5.37. The molecule has 19 heavy (non-hydrogen) atoms. The van der Waals surface area contributed by atoms with Crippen LogP contribution in [-0.2, 0) is 0 Å². The van der Waals surface area contributed by atoms with Crippen molar-refractivity contribution in [3.8, 4) is 0 Å². The molecule has 1 saturated carbocycles. The monoisotopic (exact) mass is 285 g/mol. The molecule has 0 radical (unpaired) electrons. The second-order valence-corrected chi connectivity index (χ2v) is 6.90. The molecule has 0 amide bonds. The molecule has 0 bridgehead atoms. The van der Waals surface area contributed by atoms with Gasteiger partial charge in [0.05, 0.1) is 6.10 Å². The van der Waals surface area contributed by atoms with Gasteiger partial charge in [0.15, 0.2) is 5.96 Å². The molecule has 0 aromatic heterocycles. The van der Waals surface area contributed by atoms with E-state index in [1.54, 1.807) is 0 Å². The SMILES string of the molecule is CCNC(=NCC1CCCC1O)NCC1CCCS1. The minimum Gasteiger partial charge on any atom is -0.393 e. The Morgan fingerprint density at radius 2 is 2.16 bits per heavy atom. The Morgan fingerprint density at radius 3 is 2.79 bits per heavy atom. The minimum absolute atomic E-state index is 0.142. The van der Waals surface area contributed by atoms with Crippen LogP contribution >= 0.6 is 11.8 Å². The summed E-state index contributed by atoms with van der Waals surface area (Å²) in [5.41, 5.74) is 0. The zero-order chi connectivity index (χ0) is 13.5. The number of rotatable bonds is 5. The smallest absolute Gasteiger partial charge is 0.191 e. The molecule has 3 atom stereocenters. The van der Waals surface area contributed by atoms with Gasteiger partial charge in [0.2, 0.25) is 0 Å². The lowest BCUT2D eigenvalue weighted by atomic mass is 10.1. The number of aliphatic imine (C=N–C) groups is 1. The largest absolute Gasteiger partial charge is 0.393 e. The fourth-order valence-corrected chi connectivity index (χ4v) is 4.00. The van der Waals surface area contributed by atoms with Crippen molar-refractivity contribution in [2.24, 2.45) is 10.9 Å². The van der Waals surface area contributed by atoms with E-state index in [0.717, 1.165) is 50.1 Å². The molecule has 1 saturated heterocycles. The normalized spacial score (nSPS) is 31.7. The van der Waals surface area contributed by atoms with Crippen LogP contribution in [0.4, 0.5) is 0 Å². The second-order valence-electron chi connectivity index (χ2n) is 5.49. The number of nitrogens with zero attached hydrogens (tertiary/aromatic N) is 1. The van der Waals surface area contributed by atoms with Gasteiger partial charge < -0.3 is 15.7 Å². The fraction of sp³-hybridized carbons (Fsp3) is 0.929. The van der Waals surface area contributed by atoms with Gasteiger partial charge in [-0.05, 0) is 38.4 Å². The average molecular weight is 285 g/mol. The van der Waals surface area contributed by atoms with Gasteiger partial charge in [-0.3, -0.25) is 4.99 Å². The van der Waals surface area contributed by atoms with E-state index in [-0.39, 0.29) is 6.10 Å². The highest BCUT2D eigenvalue weighted by Gasteiger charge is 2.24. The maximum absolute atomic E-state index is 9.82. The first-order chi connectivity index (χ1) is 9.29. The first kappa shape index (κ1) is 15.0. The summed E-state index contributed by atoms with van der Waals surface area (Å²) in [6, 6.07) is 0. The number of hydrogen-bond donors (Lipinski definition) is 3. The number of guanidine groups is 1. The minimum atomic E-state index is -0.142. The molecule has 0 aromatic carbocycles. The molecular weight excluding hydrogens is 258 g/mol. The lowest BCUT2D eigenvalue weighted by Crippen LogP contribution is -2.40. The maximum Gasteiger partial charge on any atom is 0.191 e. The molecule has 110 valence electrons. The molecule has 1 aliphatic heterocycles. The summed E-state index contributed by atoms with van der Waals surface area (Å²) < 4.78 is 0. The Hall–Kier alpha value is -0.420. The summed E-state index contributed by atoms with van der Waals surface area (Å²) >= 11 is 2.06. The highest BCUT2D eigenvalue weighted by Crippen LogP contribution is 2.26. The van der Waals surface area contributed by atoms with Crippen LogP contribution in [0.25, 0.3) is 0 Å². The molecule has 5 heteroatoms. The van der Waals surface area contributed by atoms with Crippen LogP contribution in [0.3, 0.4) is 0 Å². The van der Waals surface area contributed by atoms with Crippen LogP contribution in [0.2, 0.25) is 0 Å². The van der Waals surface area contributed by atoms with Gasteiger partial charge in [0.25, 0.3) is 0 Å². The highest BCUT2D eigenvalue weighted by atomic mass is 32.2. The lowest BCUT2D eigenvalue weighted by Gasteiger charge is -2.16. The van der Waals surface area contributed by atoms with Crippen LogP contribution in [0.15, 0.2) is 4.99 Å². The molecule has 0 aromatic rings. The van der Waals surface area contributed by atoms with Crippen molar-refractivity contribution >= 4 is 17.7 Å². The van der Waals surface area contributed by atoms with E-state index in [9.17, 15) is 5.11 Å². The molecule has 1 aliphatic carbocycles. The Labute approximate surface area is 120 Å². The number of thioether (sulfide) groups is 1. The van der Waals surface area contributed by atoms with Gasteiger partial charge in [-0.15, -0.1) is 0 Å². The van der Waals surface area contributed by atoms with Crippen molar-refractivity contribution in [3.05, 3.63) is 0 Å². The molecule has 4 nitrogen and oxygen atoms in total.